The van der Waals surface area contributed by atoms with Crippen LogP contribution in [0.1, 0.15) is 37.3 Å². The van der Waals surface area contributed by atoms with Crippen LogP contribution < -0.4 is 0 Å². The van der Waals surface area contributed by atoms with Crippen molar-refractivity contribution in [3.05, 3.63) is 57.6 Å². The molecule has 0 bridgehead atoms. The summed E-state index contributed by atoms with van der Waals surface area (Å²) >= 11 is 12.5. The molecular formula is C20H19Cl2NO2. The fourth-order valence-electron chi connectivity index (χ4n) is 3.07. The number of rotatable bonds is 5. The minimum Gasteiger partial charge on any atom is -0.481 e. The Labute approximate surface area is 156 Å². The normalized spacial score (nSPS) is 12.5. The zero-order valence-electron chi connectivity index (χ0n) is 14.1. The Bertz CT molecular complexity index is 946. The molecule has 3 aromatic rings. The molecule has 5 heteroatoms. The van der Waals surface area contributed by atoms with E-state index in [4.69, 9.17) is 23.2 Å². The third kappa shape index (κ3) is 3.39. The van der Waals surface area contributed by atoms with Crippen molar-refractivity contribution >= 4 is 40.1 Å². The number of carboxylic acid groups (broad SMARTS) is 1. The van der Waals surface area contributed by atoms with Crippen molar-refractivity contribution in [3.63, 3.8) is 0 Å². The van der Waals surface area contributed by atoms with Gasteiger partial charge in [-0.1, -0.05) is 55.2 Å². The number of carbonyl (C=O) groups is 1. The van der Waals surface area contributed by atoms with Gasteiger partial charge in [-0.05, 0) is 41.7 Å². The Morgan fingerprint density at radius 2 is 2.00 bits per heavy atom. The predicted molar refractivity (Wildman–Crippen MR) is 104 cm³/mol. The molecule has 0 fully saturated rings. The van der Waals surface area contributed by atoms with E-state index in [1.54, 1.807) is 6.07 Å². The van der Waals surface area contributed by atoms with Crippen LogP contribution in [0.2, 0.25) is 10.0 Å². The average molecular weight is 376 g/mol. The Balaban J connectivity index is 2.27. The number of nitrogens with one attached hydrogen (secondary N) is 1. The molecular weight excluding hydrogens is 357 g/mol. The number of benzene rings is 2. The quantitative estimate of drug-likeness (QED) is 0.550. The smallest absolute Gasteiger partial charge is 0.307 e. The molecule has 1 heterocycles. The summed E-state index contributed by atoms with van der Waals surface area (Å²) in [6, 6.07) is 11.5. The predicted octanol–water partition coefficient (Wildman–Crippen LogP) is 6.28. The van der Waals surface area contributed by atoms with Gasteiger partial charge in [0.1, 0.15) is 0 Å². The lowest BCUT2D eigenvalue weighted by Crippen LogP contribution is -2.01. The molecule has 0 amide bonds. The topological polar surface area (TPSA) is 53.1 Å². The molecule has 0 aliphatic heterocycles. The number of hydrogen-bond acceptors (Lipinski definition) is 1. The first kappa shape index (κ1) is 17.8. The van der Waals surface area contributed by atoms with Crippen molar-refractivity contribution in [1.29, 1.82) is 0 Å². The van der Waals surface area contributed by atoms with Crippen LogP contribution in [0.25, 0.3) is 22.2 Å². The Kier molecular flexibility index (Phi) is 5.07. The van der Waals surface area contributed by atoms with Gasteiger partial charge in [-0.2, -0.15) is 0 Å². The summed E-state index contributed by atoms with van der Waals surface area (Å²) < 4.78 is 0. The summed E-state index contributed by atoms with van der Waals surface area (Å²) in [5.74, 6) is -0.468. The lowest BCUT2D eigenvalue weighted by molar-refractivity contribution is -0.136. The van der Waals surface area contributed by atoms with E-state index < -0.39 is 5.97 Å². The van der Waals surface area contributed by atoms with E-state index in [-0.39, 0.29) is 6.42 Å². The van der Waals surface area contributed by atoms with E-state index in [0.717, 1.165) is 22.9 Å². The zero-order chi connectivity index (χ0) is 18.1. The summed E-state index contributed by atoms with van der Waals surface area (Å²) in [5.41, 5.74) is 4.26. The summed E-state index contributed by atoms with van der Waals surface area (Å²) in [6.07, 6.45) is 0.944. The first-order valence-corrected chi connectivity index (χ1v) is 8.98. The molecule has 1 unspecified atom stereocenters. The monoisotopic (exact) mass is 375 g/mol. The van der Waals surface area contributed by atoms with Gasteiger partial charge in [-0.25, -0.2) is 0 Å². The first-order valence-electron chi connectivity index (χ1n) is 8.23. The van der Waals surface area contributed by atoms with Gasteiger partial charge in [0.2, 0.25) is 0 Å². The maximum absolute atomic E-state index is 11.4. The number of H-pyrrole nitrogens is 1. The van der Waals surface area contributed by atoms with Crippen LogP contribution in [0.5, 0.6) is 0 Å². The lowest BCUT2D eigenvalue weighted by atomic mass is 9.95. The lowest BCUT2D eigenvalue weighted by Gasteiger charge is -2.09. The summed E-state index contributed by atoms with van der Waals surface area (Å²) in [4.78, 5) is 14.8. The van der Waals surface area contributed by atoms with Gasteiger partial charge in [-0.3, -0.25) is 4.79 Å². The number of aliphatic carboxylic acids is 1. The van der Waals surface area contributed by atoms with E-state index in [1.807, 2.05) is 18.2 Å². The molecule has 2 aromatic carbocycles. The van der Waals surface area contributed by atoms with Crippen molar-refractivity contribution in [3.8, 4) is 11.3 Å². The molecule has 0 radical (unpaired) electrons. The maximum atomic E-state index is 11.4. The molecule has 25 heavy (non-hydrogen) atoms. The van der Waals surface area contributed by atoms with Gasteiger partial charge in [-0.15, -0.1) is 0 Å². The number of carboxylic acids is 1. The van der Waals surface area contributed by atoms with Crippen LogP contribution >= 0.6 is 23.2 Å². The van der Waals surface area contributed by atoms with E-state index in [2.05, 4.69) is 31.0 Å². The maximum Gasteiger partial charge on any atom is 0.307 e. The minimum absolute atomic E-state index is 0.0812. The van der Waals surface area contributed by atoms with Crippen LogP contribution in [-0.4, -0.2) is 16.1 Å². The van der Waals surface area contributed by atoms with E-state index in [9.17, 15) is 9.90 Å². The molecule has 0 aliphatic carbocycles. The second-order valence-corrected chi connectivity index (χ2v) is 7.05. The second kappa shape index (κ2) is 7.11. The van der Waals surface area contributed by atoms with Crippen LogP contribution in [0.3, 0.4) is 0 Å². The fraction of sp³-hybridized carbons (Fsp3) is 0.250. The number of halogens is 2. The zero-order valence-corrected chi connectivity index (χ0v) is 15.6. The van der Waals surface area contributed by atoms with Crippen LogP contribution in [0, 0.1) is 0 Å². The number of aromatic nitrogens is 1. The molecule has 3 nitrogen and oxygen atoms in total. The van der Waals surface area contributed by atoms with Gasteiger partial charge >= 0.3 is 5.97 Å². The van der Waals surface area contributed by atoms with Gasteiger partial charge < -0.3 is 10.1 Å². The molecule has 0 spiro atoms. The number of aromatic amines is 1. The standard InChI is InChI=1S/C20H19Cl2NO2/c1-3-11(2)12-7-8-17-14(9-12)15(10-18(24)25)20(23-17)13-5-4-6-16(21)19(13)22/h4-9,11,23H,3,10H2,1-2H3,(H,24,25). The van der Waals surface area contributed by atoms with Crippen LogP contribution in [-0.2, 0) is 11.2 Å². The van der Waals surface area contributed by atoms with Gasteiger partial charge in [0.15, 0.2) is 0 Å². The summed E-state index contributed by atoms with van der Waals surface area (Å²) in [6.45, 7) is 4.31. The van der Waals surface area contributed by atoms with E-state index in [0.29, 0.717) is 27.2 Å². The molecule has 0 saturated carbocycles. The molecule has 1 aromatic heterocycles. The molecule has 2 N–H and O–H groups in total. The van der Waals surface area contributed by atoms with Crippen molar-refractivity contribution in [2.75, 3.05) is 0 Å². The summed E-state index contributed by atoms with van der Waals surface area (Å²) in [5, 5.41) is 11.2. The Hall–Kier alpha value is -1.97. The van der Waals surface area contributed by atoms with Gasteiger partial charge in [0.25, 0.3) is 0 Å². The Morgan fingerprint density at radius 3 is 2.68 bits per heavy atom. The SMILES string of the molecule is CCC(C)c1ccc2[nH]c(-c3cccc(Cl)c3Cl)c(CC(=O)O)c2c1. The first-order chi connectivity index (χ1) is 11.9. The van der Waals surface area contributed by atoms with E-state index in [1.165, 1.54) is 5.56 Å². The average Bonchev–Trinajstić information content (AvgIpc) is 2.93. The Morgan fingerprint density at radius 1 is 1.24 bits per heavy atom. The third-order valence-electron chi connectivity index (χ3n) is 4.66. The molecule has 3 rings (SSSR count). The van der Waals surface area contributed by atoms with E-state index >= 15 is 0 Å². The highest BCUT2D eigenvalue weighted by Crippen LogP contribution is 2.38. The highest BCUT2D eigenvalue weighted by atomic mass is 35.5. The van der Waals surface area contributed by atoms with Crippen molar-refractivity contribution in [1.82, 2.24) is 4.98 Å². The second-order valence-electron chi connectivity index (χ2n) is 6.26. The summed E-state index contributed by atoms with van der Waals surface area (Å²) in [7, 11) is 0. The van der Waals surface area contributed by atoms with Gasteiger partial charge in [0, 0.05) is 16.5 Å². The molecule has 130 valence electrons. The highest BCUT2D eigenvalue weighted by molar-refractivity contribution is 6.43. The van der Waals surface area contributed by atoms with Crippen molar-refractivity contribution < 1.29 is 9.90 Å². The largest absolute Gasteiger partial charge is 0.481 e. The number of hydrogen-bond donors (Lipinski definition) is 2. The molecule has 0 saturated heterocycles. The third-order valence-corrected chi connectivity index (χ3v) is 5.48. The van der Waals surface area contributed by atoms with Crippen LogP contribution in [0.15, 0.2) is 36.4 Å². The molecule has 1 atom stereocenters. The van der Waals surface area contributed by atoms with Crippen molar-refractivity contribution in [2.24, 2.45) is 0 Å². The molecule has 0 aliphatic rings. The fourth-order valence-corrected chi connectivity index (χ4v) is 3.46. The number of fused-ring (bicyclic) bond motifs is 1. The van der Waals surface area contributed by atoms with Crippen molar-refractivity contribution in [2.45, 2.75) is 32.6 Å². The highest BCUT2D eigenvalue weighted by Gasteiger charge is 2.19. The van der Waals surface area contributed by atoms with Gasteiger partial charge in [0.05, 0.1) is 22.2 Å². The minimum atomic E-state index is -0.880. The van der Waals surface area contributed by atoms with Crippen LogP contribution in [0.4, 0.5) is 0 Å².